The Balaban J connectivity index is 1.52. The Kier molecular flexibility index (Phi) is 9.18. The Morgan fingerprint density at radius 1 is 1.15 bits per heavy atom. The van der Waals surface area contributed by atoms with Gasteiger partial charge in [-0.3, -0.25) is 4.79 Å². The van der Waals surface area contributed by atoms with Crippen LogP contribution in [0.2, 0.25) is 5.02 Å². The van der Waals surface area contributed by atoms with E-state index < -0.39 is 50.2 Å². The molecular weight excluding hydrogens is 575 g/mol. The number of fused-ring (bicyclic) bond motifs is 2. The minimum absolute atomic E-state index is 0.0202. The van der Waals surface area contributed by atoms with Gasteiger partial charge in [-0.05, 0) is 55.2 Å². The number of aliphatic hydroxyl groups is 2. The molecule has 0 aromatic heterocycles. The van der Waals surface area contributed by atoms with Crippen LogP contribution >= 0.6 is 11.6 Å². The van der Waals surface area contributed by atoms with Crippen LogP contribution in [0.15, 0.2) is 35.2 Å². The number of benzene rings is 2. The molecule has 0 aliphatic heterocycles. The van der Waals surface area contributed by atoms with E-state index in [1.807, 2.05) is 6.92 Å². The Morgan fingerprint density at radius 3 is 2.45 bits per heavy atom. The molecule has 13 heteroatoms. The lowest BCUT2D eigenvalue weighted by Gasteiger charge is -2.43. The van der Waals surface area contributed by atoms with Crippen LogP contribution < -0.4 is 5.32 Å². The van der Waals surface area contributed by atoms with E-state index in [4.69, 9.17) is 21.1 Å². The van der Waals surface area contributed by atoms with Gasteiger partial charge in [0.05, 0.1) is 40.6 Å². The van der Waals surface area contributed by atoms with Crippen LogP contribution in [0.1, 0.15) is 36.5 Å². The summed E-state index contributed by atoms with van der Waals surface area (Å²) in [5, 5.41) is 22.6. The van der Waals surface area contributed by atoms with E-state index in [1.54, 1.807) is 0 Å². The molecular formula is C27H31ClF3NO7S. The van der Waals surface area contributed by atoms with Gasteiger partial charge in [-0.1, -0.05) is 18.5 Å². The Morgan fingerprint density at radius 2 is 1.82 bits per heavy atom. The first-order valence-electron chi connectivity index (χ1n) is 12.7. The molecule has 3 N–H and O–H groups in total. The number of sulfone groups is 1. The first-order valence-corrected chi connectivity index (χ1v) is 14.7. The molecule has 220 valence electrons. The van der Waals surface area contributed by atoms with Crippen LogP contribution in [0.4, 0.5) is 18.9 Å². The van der Waals surface area contributed by atoms with Gasteiger partial charge >= 0.3 is 0 Å². The van der Waals surface area contributed by atoms with Crippen molar-refractivity contribution >= 4 is 33.0 Å². The molecule has 0 spiro atoms. The number of halogens is 4. The maximum Gasteiger partial charge on any atom is 0.255 e. The van der Waals surface area contributed by atoms with Gasteiger partial charge in [-0.25, -0.2) is 21.6 Å². The van der Waals surface area contributed by atoms with E-state index in [1.165, 1.54) is 19.2 Å². The van der Waals surface area contributed by atoms with Crippen molar-refractivity contribution in [2.45, 2.75) is 48.0 Å². The number of carbonyl (C=O) groups is 1. The summed E-state index contributed by atoms with van der Waals surface area (Å²) in [6, 6.07) is 4.80. The van der Waals surface area contributed by atoms with Crippen molar-refractivity contribution in [3.8, 4) is 0 Å². The van der Waals surface area contributed by atoms with Crippen molar-refractivity contribution in [3.63, 3.8) is 0 Å². The summed E-state index contributed by atoms with van der Waals surface area (Å²) in [6.07, 6.45) is 0.0254. The van der Waals surface area contributed by atoms with E-state index in [0.717, 1.165) is 6.07 Å². The van der Waals surface area contributed by atoms with Crippen molar-refractivity contribution in [2.24, 2.45) is 17.8 Å². The summed E-state index contributed by atoms with van der Waals surface area (Å²) >= 11 is 6.27. The number of carbonyl (C=O) groups excluding carboxylic acids is 1. The van der Waals surface area contributed by atoms with Gasteiger partial charge in [0.15, 0.2) is 27.3 Å². The molecule has 8 nitrogen and oxygen atoms in total. The normalized spacial score (nSPS) is 27.0. The standard InChI is InChI=1S/C27H31ClF3NO7S/c1-14-5-16-7-19(10-20(14)27(16,35)13-39-12-18(33)11-38-2)40(36,37)24-6-15(3-4-21(24)28)26(34)32-17-8-22(29)25(31)23(30)9-17/h3-4,6,8-9,14,16,18-20,33,35H,5,7,10-13H2,1-2H3,(H,32,34)/t14-,16?,18+,19+,20?,27+/m0/s1. The van der Waals surface area contributed by atoms with Crippen LogP contribution in [-0.2, 0) is 19.3 Å². The highest BCUT2D eigenvalue weighted by Gasteiger charge is 2.58. The highest BCUT2D eigenvalue weighted by molar-refractivity contribution is 7.92. The fourth-order valence-electron chi connectivity index (χ4n) is 6.00. The maximum absolute atomic E-state index is 13.8. The number of methoxy groups -OCH3 is 1. The lowest BCUT2D eigenvalue weighted by atomic mass is 9.73. The van der Waals surface area contributed by atoms with Crippen molar-refractivity contribution in [2.75, 3.05) is 32.2 Å². The van der Waals surface area contributed by atoms with E-state index in [0.29, 0.717) is 18.6 Å². The highest BCUT2D eigenvalue weighted by atomic mass is 35.5. The zero-order valence-corrected chi connectivity index (χ0v) is 23.4. The highest BCUT2D eigenvalue weighted by Crippen LogP contribution is 2.54. The molecule has 0 radical (unpaired) electrons. The molecule has 0 heterocycles. The quantitative estimate of drug-likeness (QED) is 0.350. The third kappa shape index (κ3) is 6.02. The molecule has 2 saturated carbocycles. The summed E-state index contributed by atoms with van der Waals surface area (Å²) in [5.74, 6) is -6.30. The third-order valence-corrected chi connectivity index (χ3v) is 10.6. The Bertz CT molecular complexity index is 1350. The van der Waals surface area contributed by atoms with Crippen molar-refractivity contribution in [1.29, 1.82) is 0 Å². The average Bonchev–Trinajstić information content (AvgIpc) is 3.00. The Labute approximate surface area is 235 Å². The van der Waals surface area contributed by atoms with Gasteiger partial charge in [0, 0.05) is 30.5 Å². The van der Waals surface area contributed by atoms with E-state index in [9.17, 15) is 36.6 Å². The molecule has 2 aliphatic carbocycles. The fourth-order valence-corrected chi connectivity index (χ4v) is 8.37. The molecule has 2 aromatic carbocycles. The third-order valence-electron chi connectivity index (χ3n) is 7.94. The molecule has 2 fully saturated rings. The predicted octanol–water partition coefficient (Wildman–Crippen LogP) is 3.97. The smallest absolute Gasteiger partial charge is 0.255 e. The van der Waals surface area contributed by atoms with Gasteiger partial charge in [-0.15, -0.1) is 0 Å². The average molecular weight is 606 g/mol. The van der Waals surface area contributed by atoms with Crippen molar-refractivity contribution in [3.05, 3.63) is 58.4 Å². The minimum Gasteiger partial charge on any atom is -0.388 e. The molecule has 4 rings (SSSR count). The Hall–Kier alpha value is -2.22. The molecule has 6 atom stereocenters. The number of rotatable bonds is 10. The molecule has 2 bridgehead atoms. The fraction of sp³-hybridized carbons (Fsp3) is 0.519. The zero-order valence-electron chi connectivity index (χ0n) is 21.9. The number of nitrogens with one attached hydrogen (secondary N) is 1. The van der Waals surface area contributed by atoms with E-state index >= 15 is 0 Å². The van der Waals surface area contributed by atoms with Gasteiger partial charge in [0.25, 0.3) is 5.91 Å². The number of amides is 1. The van der Waals surface area contributed by atoms with Gasteiger partial charge in [0.2, 0.25) is 0 Å². The second-order valence-electron chi connectivity index (χ2n) is 10.6. The van der Waals surface area contributed by atoms with Gasteiger partial charge < -0.3 is 25.0 Å². The number of hydrogen-bond donors (Lipinski definition) is 3. The maximum atomic E-state index is 13.8. The lowest BCUT2D eigenvalue weighted by molar-refractivity contribution is -0.128. The van der Waals surface area contributed by atoms with Crippen molar-refractivity contribution < 1.29 is 46.1 Å². The second kappa shape index (κ2) is 11.9. The number of ether oxygens (including phenoxy) is 2. The van der Waals surface area contributed by atoms with Crippen LogP contribution in [-0.4, -0.2) is 68.4 Å². The molecule has 2 aromatic rings. The molecule has 40 heavy (non-hydrogen) atoms. The first kappa shape index (κ1) is 30.7. The monoisotopic (exact) mass is 605 g/mol. The summed E-state index contributed by atoms with van der Waals surface area (Å²) in [7, 11) is -2.62. The zero-order chi connectivity index (χ0) is 29.4. The number of anilines is 1. The molecule has 1 amide bonds. The van der Waals surface area contributed by atoms with E-state index in [-0.39, 0.29) is 71.6 Å². The summed E-state index contributed by atoms with van der Waals surface area (Å²) in [5.41, 5.74) is -1.75. The van der Waals surface area contributed by atoms with Crippen LogP contribution in [0.3, 0.4) is 0 Å². The first-order chi connectivity index (χ1) is 18.8. The van der Waals surface area contributed by atoms with Gasteiger partial charge in [0.1, 0.15) is 6.10 Å². The van der Waals surface area contributed by atoms with E-state index in [2.05, 4.69) is 5.32 Å². The largest absolute Gasteiger partial charge is 0.388 e. The lowest BCUT2D eigenvalue weighted by Crippen LogP contribution is -2.52. The topological polar surface area (TPSA) is 122 Å². The minimum atomic E-state index is -4.07. The SMILES string of the molecule is COC[C@@H](O)COC[C@@]1(O)C2C[C@@H](S(=O)(=O)c3cc(C(=O)Nc4cc(F)c(F)c(F)c4)ccc3Cl)CC1[C@@H](C)C2. The number of aliphatic hydroxyl groups excluding tert-OH is 1. The van der Waals surface area contributed by atoms with Crippen molar-refractivity contribution in [1.82, 2.24) is 0 Å². The molecule has 0 saturated heterocycles. The molecule has 2 unspecified atom stereocenters. The second-order valence-corrected chi connectivity index (χ2v) is 13.2. The van der Waals surface area contributed by atoms with Crippen LogP contribution in [0, 0.1) is 35.2 Å². The summed E-state index contributed by atoms with van der Waals surface area (Å²) in [4.78, 5) is 12.5. The van der Waals surface area contributed by atoms with Gasteiger partial charge in [-0.2, -0.15) is 0 Å². The summed E-state index contributed by atoms with van der Waals surface area (Å²) < 4.78 is 78.3. The molecule has 2 aliphatic rings. The summed E-state index contributed by atoms with van der Waals surface area (Å²) in [6.45, 7) is 1.94. The van der Waals surface area contributed by atoms with Crippen LogP contribution in [0.5, 0.6) is 0 Å². The predicted molar refractivity (Wildman–Crippen MR) is 140 cm³/mol. The van der Waals surface area contributed by atoms with Crippen LogP contribution in [0.25, 0.3) is 0 Å². The number of hydrogen-bond acceptors (Lipinski definition) is 7.